The van der Waals surface area contributed by atoms with E-state index in [1.54, 1.807) is 24.3 Å². The van der Waals surface area contributed by atoms with Crippen molar-refractivity contribution < 1.29 is 23.8 Å². The molecule has 1 aliphatic rings. The van der Waals surface area contributed by atoms with Gasteiger partial charge in [0.2, 0.25) is 0 Å². The van der Waals surface area contributed by atoms with Crippen molar-refractivity contribution in [2.24, 2.45) is 0 Å². The molecule has 0 radical (unpaired) electrons. The molecule has 1 aromatic carbocycles. The van der Waals surface area contributed by atoms with Crippen molar-refractivity contribution in [3.05, 3.63) is 42.5 Å². The average Bonchev–Trinajstić information content (AvgIpc) is 2.61. The molecule has 6 nitrogen and oxygen atoms in total. The van der Waals surface area contributed by atoms with Crippen LogP contribution in [0.25, 0.3) is 0 Å². The maximum atomic E-state index is 12.4. The summed E-state index contributed by atoms with van der Waals surface area (Å²) in [6.45, 7) is 3.64. The van der Waals surface area contributed by atoms with E-state index >= 15 is 0 Å². The molecule has 1 amide bonds. The van der Waals surface area contributed by atoms with Crippen molar-refractivity contribution >= 4 is 12.1 Å². The first-order chi connectivity index (χ1) is 11.7. The third kappa shape index (κ3) is 4.75. The molecule has 130 valence electrons. The standard InChI is InChI=1S/C18H23NO5/c1-3-12-23-18(21)19-14-9-5-7-11-16(14)24-17(20)13-8-4-6-10-15(13)22-2/h3-4,6,8,10,14,16H,1,5,7,9,11-12H2,2H3,(H,19,21)/t14-,16-/m1/s1. The number of hydrogen-bond donors (Lipinski definition) is 1. The van der Waals surface area contributed by atoms with Crippen molar-refractivity contribution in [3.63, 3.8) is 0 Å². The van der Waals surface area contributed by atoms with Gasteiger partial charge in [0.1, 0.15) is 24.0 Å². The highest BCUT2D eigenvalue weighted by Crippen LogP contribution is 2.25. The summed E-state index contributed by atoms with van der Waals surface area (Å²) < 4.78 is 15.8. The first kappa shape index (κ1) is 17.8. The summed E-state index contributed by atoms with van der Waals surface area (Å²) in [5.41, 5.74) is 0.374. The molecule has 0 spiro atoms. The van der Waals surface area contributed by atoms with Crippen molar-refractivity contribution in [2.45, 2.75) is 37.8 Å². The Balaban J connectivity index is 2.01. The van der Waals surface area contributed by atoms with Gasteiger partial charge in [0.25, 0.3) is 0 Å². The number of ether oxygens (including phenoxy) is 3. The number of benzene rings is 1. The van der Waals surface area contributed by atoms with E-state index in [1.807, 2.05) is 0 Å². The molecular weight excluding hydrogens is 310 g/mol. The number of nitrogens with one attached hydrogen (secondary N) is 1. The number of alkyl carbamates (subject to hydrolysis) is 1. The van der Waals surface area contributed by atoms with Crippen LogP contribution in [0.15, 0.2) is 36.9 Å². The van der Waals surface area contributed by atoms with E-state index < -0.39 is 12.1 Å². The zero-order valence-corrected chi connectivity index (χ0v) is 13.8. The molecule has 1 saturated carbocycles. The summed E-state index contributed by atoms with van der Waals surface area (Å²) >= 11 is 0. The van der Waals surface area contributed by atoms with Gasteiger partial charge in [-0.1, -0.05) is 31.2 Å². The third-order valence-corrected chi connectivity index (χ3v) is 3.92. The number of carbonyl (C=O) groups is 2. The number of hydrogen-bond acceptors (Lipinski definition) is 5. The van der Waals surface area contributed by atoms with Gasteiger partial charge in [-0.15, -0.1) is 0 Å². The fourth-order valence-corrected chi connectivity index (χ4v) is 2.74. The molecule has 1 aromatic rings. The highest BCUT2D eigenvalue weighted by Gasteiger charge is 2.31. The van der Waals surface area contributed by atoms with E-state index in [-0.39, 0.29) is 18.8 Å². The number of para-hydroxylation sites is 1. The lowest BCUT2D eigenvalue weighted by Gasteiger charge is -2.31. The fourth-order valence-electron chi connectivity index (χ4n) is 2.74. The number of carbonyl (C=O) groups excluding carboxylic acids is 2. The molecule has 2 atom stereocenters. The molecule has 1 fully saturated rings. The fraction of sp³-hybridized carbons (Fsp3) is 0.444. The Bertz CT molecular complexity index is 587. The Kier molecular flexibility index (Phi) is 6.66. The first-order valence-corrected chi connectivity index (χ1v) is 8.04. The molecule has 0 aromatic heterocycles. The molecule has 0 saturated heterocycles. The van der Waals surface area contributed by atoms with Gasteiger partial charge in [-0.25, -0.2) is 9.59 Å². The number of esters is 1. The van der Waals surface area contributed by atoms with E-state index in [0.29, 0.717) is 17.7 Å². The van der Waals surface area contributed by atoms with E-state index in [4.69, 9.17) is 14.2 Å². The minimum Gasteiger partial charge on any atom is -0.496 e. The molecule has 1 N–H and O–H groups in total. The van der Waals surface area contributed by atoms with Crippen molar-refractivity contribution in [1.82, 2.24) is 5.32 Å². The van der Waals surface area contributed by atoms with E-state index in [1.165, 1.54) is 13.2 Å². The second-order valence-corrected chi connectivity index (χ2v) is 5.57. The van der Waals surface area contributed by atoms with Crippen molar-refractivity contribution in [2.75, 3.05) is 13.7 Å². The Morgan fingerprint density at radius 3 is 2.79 bits per heavy atom. The van der Waals surface area contributed by atoms with Gasteiger partial charge in [-0.2, -0.15) is 0 Å². The van der Waals surface area contributed by atoms with Crippen molar-refractivity contribution in [3.8, 4) is 5.75 Å². The second kappa shape index (κ2) is 8.96. The van der Waals surface area contributed by atoms with Crippen LogP contribution >= 0.6 is 0 Å². The largest absolute Gasteiger partial charge is 0.496 e. The van der Waals surface area contributed by atoms with Crippen LogP contribution in [0.1, 0.15) is 36.0 Å². The molecule has 24 heavy (non-hydrogen) atoms. The topological polar surface area (TPSA) is 73.9 Å². The van der Waals surface area contributed by atoms with Crippen LogP contribution in [-0.4, -0.2) is 37.9 Å². The molecule has 2 rings (SSSR count). The third-order valence-electron chi connectivity index (χ3n) is 3.92. The average molecular weight is 333 g/mol. The SMILES string of the molecule is C=CCOC(=O)N[C@@H]1CCCC[C@H]1OC(=O)c1ccccc1OC. The highest BCUT2D eigenvalue weighted by atomic mass is 16.6. The van der Waals surface area contributed by atoms with Crippen LogP contribution in [-0.2, 0) is 9.47 Å². The molecule has 0 aliphatic heterocycles. The molecule has 1 aliphatic carbocycles. The Labute approximate surface area is 141 Å². The van der Waals surface area contributed by atoms with Crippen LogP contribution < -0.4 is 10.1 Å². The lowest BCUT2D eigenvalue weighted by molar-refractivity contribution is 0.00946. The summed E-state index contributed by atoms with van der Waals surface area (Å²) in [7, 11) is 1.51. The lowest BCUT2D eigenvalue weighted by atomic mass is 9.92. The first-order valence-electron chi connectivity index (χ1n) is 8.04. The Morgan fingerprint density at radius 1 is 1.29 bits per heavy atom. The maximum absolute atomic E-state index is 12.4. The summed E-state index contributed by atoms with van der Waals surface area (Å²) in [4.78, 5) is 24.2. The summed E-state index contributed by atoms with van der Waals surface area (Å²) in [6.07, 6.45) is 3.95. The van der Waals surface area contributed by atoms with Crippen LogP contribution in [0.2, 0.25) is 0 Å². The van der Waals surface area contributed by atoms with Crippen LogP contribution in [0.3, 0.4) is 0 Å². The molecule has 0 bridgehead atoms. The number of rotatable bonds is 6. The molecule has 0 heterocycles. The molecule has 0 unspecified atom stereocenters. The maximum Gasteiger partial charge on any atom is 0.407 e. The van der Waals surface area contributed by atoms with E-state index in [0.717, 1.165) is 19.3 Å². The highest BCUT2D eigenvalue weighted by molar-refractivity contribution is 5.92. The van der Waals surface area contributed by atoms with Crippen LogP contribution in [0, 0.1) is 0 Å². The smallest absolute Gasteiger partial charge is 0.407 e. The second-order valence-electron chi connectivity index (χ2n) is 5.57. The minimum atomic E-state index is -0.528. The predicted octanol–water partition coefficient (Wildman–Crippen LogP) is 3.08. The van der Waals surface area contributed by atoms with E-state index in [9.17, 15) is 9.59 Å². The number of methoxy groups -OCH3 is 1. The van der Waals surface area contributed by atoms with Gasteiger partial charge in [-0.3, -0.25) is 0 Å². The Morgan fingerprint density at radius 2 is 2.04 bits per heavy atom. The van der Waals surface area contributed by atoms with Gasteiger partial charge in [0.15, 0.2) is 0 Å². The normalized spacial score (nSPS) is 19.9. The van der Waals surface area contributed by atoms with Gasteiger partial charge in [0.05, 0.1) is 13.2 Å². The Hall–Kier alpha value is -2.50. The van der Waals surface area contributed by atoms with Crippen LogP contribution in [0.4, 0.5) is 4.79 Å². The van der Waals surface area contributed by atoms with Crippen molar-refractivity contribution in [1.29, 1.82) is 0 Å². The predicted molar refractivity (Wildman–Crippen MR) is 89.1 cm³/mol. The molecular formula is C18H23NO5. The van der Waals surface area contributed by atoms with Crippen LogP contribution in [0.5, 0.6) is 5.75 Å². The zero-order chi connectivity index (χ0) is 17.4. The summed E-state index contributed by atoms with van der Waals surface area (Å²) in [5, 5.41) is 2.77. The van der Waals surface area contributed by atoms with Gasteiger partial charge in [-0.05, 0) is 31.4 Å². The number of amides is 1. The summed E-state index contributed by atoms with van der Waals surface area (Å²) in [5.74, 6) is 0.0128. The van der Waals surface area contributed by atoms with Gasteiger partial charge >= 0.3 is 12.1 Å². The molecule has 6 heteroatoms. The van der Waals surface area contributed by atoms with Gasteiger partial charge < -0.3 is 19.5 Å². The van der Waals surface area contributed by atoms with Gasteiger partial charge in [0, 0.05) is 0 Å². The minimum absolute atomic E-state index is 0.143. The van der Waals surface area contributed by atoms with E-state index in [2.05, 4.69) is 11.9 Å². The summed E-state index contributed by atoms with van der Waals surface area (Å²) in [6, 6.07) is 6.65. The quantitative estimate of drug-likeness (QED) is 0.640. The lowest BCUT2D eigenvalue weighted by Crippen LogP contribution is -2.47. The monoisotopic (exact) mass is 333 g/mol. The zero-order valence-electron chi connectivity index (χ0n) is 13.8.